The van der Waals surface area contributed by atoms with E-state index in [1.54, 1.807) is 48.5 Å². The first-order valence-electron chi connectivity index (χ1n) is 8.56. The number of rotatable bonds is 7. The van der Waals surface area contributed by atoms with Crippen molar-refractivity contribution in [2.45, 2.75) is 33.0 Å². The first-order chi connectivity index (χ1) is 13.2. The van der Waals surface area contributed by atoms with E-state index in [2.05, 4.69) is 10.6 Å². The summed E-state index contributed by atoms with van der Waals surface area (Å²) in [6.07, 6.45) is -1.91. The molecule has 148 valence electrons. The summed E-state index contributed by atoms with van der Waals surface area (Å²) < 4.78 is 10.6. The van der Waals surface area contributed by atoms with Crippen molar-refractivity contribution >= 4 is 40.8 Å². The number of carbonyl (C=O) groups is 3. The van der Waals surface area contributed by atoms with Crippen molar-refractivity contribution in [3.63, 3.8) is 0 Å². The highest BCUT2D eigenvalue weighted by Gasteiger charge is 2.23. The van der Waals surface area contributed by atoms with Crippen molar-refractivity contribution in [2.75, 3.05) is 10.6 Å². The van der Waals surface area contributed by atoms with Crippen LogP contribution in [0.1, 0.15) is 20.8 Å². The fourth-order valence-electron chi connectivity index (χ4n) is 2.17. The van der Waals surface area contributed by atoms with Crippen LogP contribution >= 0.6 is 11.6 Å². The Balaban J connectivity index is 1.85. The first kappa shape index (κ1) is 21.2. The van der Waals surface area contributed by atoms with E-state index in [0.717, 1.165) is 0 Å². The van der Waals surface area contributed by atoms with E-state index in [4.69, 9.17) is 21.1 Å². The molecule has 0 aliphatic heterocycles. The Labute approximate surface area is 168 Å². The van der Waals surface area contributed by atoms with Gasteiger partial charge in [0.2, 0.25) is 5.91 Å². The number of hydrogen-bond acceptors (Lipinski definition) is 5. The second kappa shape index (κ2) is 9.75. The SMILES string of the molecule is CC(=O)Nc1ccc(NC(=O)[C@H](C)OC(=O)[C@H](C)Oc2ccc(Cl)cc2)cc1. The van der Waals surface area contributed by atoms with Crippen molar-refractivity contribution in [3.8, 4) is 5.75 Å². The second-order valence-electron chi connectivity index (χ2n) is 6.04. The number of anilines is 2. The zero-order valence-electron chi connectivity index (χ0n) is 15.7. The lowest BCUT2D eigenvalue weighted by Gasteiger charge is -2.18. The third kappa shape index (κ3) is 6.59. The smallest absolute Gasteiger partial charge is 0.347 e. The Morgan fingerprint density at radius 3 is 1.93 bits per heavy atom. The lowest BCUT2D eigenvalue weighted by atomic mass is 10.2. The number of ether oxygens (including phenoxy) is 2. The summed E-state index contributed by atoms with van der Waals surface area (Å²) in [6.45, 7) is 4.40. The minimum absolute atomic E-state index is 0.188. The molecule has 0 heterocycles. The van der Waals surface area contributed by atoms with E-state index in [-0.39, 0.29) is 5.91 Å². The predicted octanol–water partition coefficient (Wildman–Crippen LogP) is 3.64. The molecule has 2 rings (SSSR count). The van der Waals surface area contributed by atoms with Crippen molar-refractivity contribution in [2.24, 2.45) is 0 Å². The topological polar surface area (TPSA) is 93.7 Å². The van der Waals surface area contributed by atoms with Crippen LogP contribution in [-0.2, 0) is 19.1 Å². The van der Waals surface area contributed by atoms with Crippen LogP contribution in [0.2, 0.25) is 5.02 Å². The fourth-order valence-corrected chi connectivity index (χ4v) is 2.30. The van der Waals surface area contributed by atoms with Gasteiger partial charge in [-0.2, -0.15) is 0 Å². The van der Waals surface area contributed by atoms with E-state index in [1.165, 1.54) is 20.8 Å². The van der Waals surface area contributed by atoms with Gasteiger partial charge in [-0.25, -0.2) is 4.79 Å². The van der Waals surface area contributed by atoms with Gasteiger partial charge in [-0.05, 0) is 62.4 Å². The molecule has 0 fully saturated rings. The molecule has 0 unspecified atom stereocenters. The molecule has 8 heteroatoms. The van der Waals surface area contributed by atoms with Crippen LogP contribution in [0.15, 0.2) is 48.5 Å². The number of nitrogens with one attached hydrogen (secondary N) is 2. The molecule has 0 radical (unpaired) electrons. The number of carbonyl (C=O) groups excluding carboxylic acids is 3. The number of esters is 1. The van der Waals surface area contributed by atoms with Crippen LogP contribution in [0.4, 0.5) is 11.4 Å². The maximum absolute atomic E-state index is 12.2. The van der Waals surface area contributed by atoms with Crippen LogP contribution in [0.5, 0.6) is 5.75 Å². The summed E-state index contributed by atoms with van der Waals surface area (Å²) in [5, 5.41) is 5.82. The van der Waals surface area contributed by atoms with E-state index in [9.17, 15) is 14.4 Å². The molecule has 2 aromatic carbocycles. The largest absolute Gasteiger partial charge is 0.479 e. The lowest BCUT2D eigenvalue weighted by molar-refractivity contribution is -0.159. The summed E-state index contributed by atoms with van der Waals surface area (Å²) in [5.41, 5.74) is 1.12. The molecule has 0 saturated carbocycles. The highest BCUT2D eigenvalue weighted by atomic mass is 35.5. The zero-order valence-corrected chi connectivity index (χ0v) is 16.4. The summed E-state index contributed by atoms with van der Waals surface area (Å²) in [7, 11) is 0. The molecule has 2 atom stereocenters. The van der Waals surface area contributed by atoms with Crippen LogP contribution in [0, 0.1) is 0 Å². The average Bonchev–Trinajstić information content (AvgIpc) is 2.64. The van der Waals surface area contributed by atoms with Gasteiger partial charge in [-0.15, -0.1) is 0 Å². The van der Waals surface area contributed by atoms with Crippen molar-refractivity contribution in [1.29, 1.82) is 0 Å². The molecular formula is C20H21ClN2O5. The molecular weight excluding hydrogens is 384 g/mol. The summed E-state index contributed by atoms with van der Waals surface area (Å²) >= 11 is 5.80. The van der Waals surface area contributed by atoms with Gasteiger partial charge in [0.05, 0.1) is 0 Å². The Morgan fingerprint density at radius 2 is 1.39 bits per heavy atom. The summed E-state index contributed by atoms with van der Waals surface area (Å²) in [6, 6.07) is 13.1. The highest BCUT2D eigenvalue weighted by molar-refractivity contribution is 6.30. The van der Waals surface area contributed by atoms with Crippen LogP contribution in [0.3, 0.4) is 0 Å². The Kier molecular flexibility index (Phi) is 7.40. The van der Waals surface area contributed by atoms with E-state index < -0.39 is 24.1 Å². The minimum Gasteiger partial charge on any atom is -0.479 e. The van der Waals surface area contributed by atoms with E-state index in [0.29, 0.717) is 22.1 Å². The van der Waals surface area contributed by atoms with Gasteiger partial charge in [0.1, 0.15) is 5.75 Å². The minimum atomic E-state index is -1.02. The van der Waals surface area contributed by atoms with Gasteiger partial charge in [-0.3, -0.25) is 9.59 Å². The predicted molar refractivity (Wildman–Crippen MR) is 106 cm³/mol. The third-order valence-electron chi connectivity index (χ3n) is 3.59. The maximum Gasteiger partial charge on any atom is 0.347 e. The Morgan fingerprint density at radius 1 is 0.857 bits per heavy atom. The molecule has 2 N–H and O–H groups in total. The number of amides is 2. The molecule has 7 nitrogen and oxygen atoms in total. The average molecular weight is 405 g/mol. The molecule has 28 heavy (non-hydrogen) atoms. The monoisotopic (exact) mass is 404 g/mol. The van der Waals surface area contributed by atoms with E-state index in [1.807, 2.05) is 0 Å². The second-order valence-corrected chi connectivity index (χ2v) is 6.48. The molecule has 0 saturated heterocycles. The molecule has 2 amide bonds. The van der Waals surface area contributed by atoms with Gasteiger partial charge in [0, 0.05) is 23.3 Å². The van der Waals surface area contributed by atoms with Gasteiger partial charge >= 0.3 is 5.97 Å². The first-order valence-corrected chi connectivity index (χ1v) is 8.93. The zero-order chi connectivity index (χ0) is 20.7. The van der Waals surface area contributed by atoms with Crippen molar-refractivity contribution in [1.82, 2.24) is 0 Å². The molecule has 0 spiro atoms. The van der Waals surface area contributed by atoms with Crippen LogP contribution in [-0.4, -0.2) is 30.0 Å². The molecule has 0 aliphatic rings. The Hall–Kier alpha value is -3.06. The number of benzene rings is 2. The number of halogens is 1. The highest BCUT2D eigenvalue weighted by Crippen LogP contribution is 2.18. The third-order valence-corrected chi connectivity index (χ3v) is 3.85. The van der Waals surface area contributed by atoms with Gasteiger partial charge in [-0.1, -0.05) is 11.6 Å². The lowest BCUT2D eigenvalue weighted by Crippen LogP contribution is -2.35. The van der Waals surface area contributed by atoms with E-state index >= 15 is 0 Å². The molecule has 0 aromatic heterocycles. The Bertz CT molecular complexity index is 837. The molecule has 0 aliphatic carbocycles. The van der Waals surface area contributed by atoms with Gasteiger partial charge in [0.25, 0.3) is 5.91 Å². The van der Waals surface area contributed by atoms with Gasteiger partial charge in [0.15, 0.2) is 12.2 Å². The standard InChI is InChI=1S/C20H21ClN2O5/c1-12(19(25)23-17-8-6-16(7-9-17)22-14(3)24)28-20(26)13(2)27-18-10-4-15(21)5-11-18/h4-13H,1-3H3,(H,22,24)(H,23,25)/t12-,13-/m0/s1. The van der Waals surface area contributed by atoms with Gasteiger partial charge < -0.3 is 20.1 Å². The fraction of sp³-hybridized carbons (Fsp3) is 0.250. The normalized spacial score (nSPS) is 12.4. The quantitative estimate of drug-likeness (QED) is 0.687. The van der Waals surface area contributed by atoms with Crippen molar-refractivity contribution < 1.29 is 23.9 Å². The van der Waals surface area contributed by atoms with Crippen LogP contribution in [0.25, 0.3) is 0 Å². The summed E-state index contributed by atoms with van der Waals surface area (Å²) in [5.74, 6) is -0.879. The van der Waals surface area contributed by atoms with Crippen LogP contribution < -0.4 is 15.4 Å². The molecule has 2 aromatic rings. The maximum atomic E-state index is 12.2. The number of hydrogen-bond donors (Lipinski definition) is 2. The summed E-state index contributed by atoms with van der Waals surface area (Å²) in [4.78, 5) is 35.4. The van der Waals surface area contributed by atoms with Crippen molar-refractivity contribution in [3.05, 3.63) is 53.6 Å². The molecule has 0 bridgehead atoms.